The number of piperidine rings is 2. The molecular formula is C89H127N17O17S. The van der Waals surface area contributed by atoms with E-state index in [1.165, 1.54) is 55.9 Å². The number of amidine groups is 1. The van der Waals surface area contributed by atoms with Crippen LogP contribution in [0.25, 0.3) is 0 Å². The number of unbranched alkanes of at least 4 members (excludes halogenated alkanes) is 2. The highest BCUT2D eigenvalue weighted by Crippen LogP contribution is 2.71. The van der Waals surface area contributed by atoms with Crippen LogP contribution in [-0.4, -0.2) is 278 Å². The third-order valence-electron chi connectivity index (χ3n) is 26.3. The van der Waals surface area contributed by atoms with E-state index in [-0.39, 0.29) is 122 Å². The highest BCUT2D eigenvalue weighted by atomic mass is 32.1. The molecule has 2 fully saturated rings. The lowest BCUT2D eigenvalue weighted by Crippen LogP contribution is -2.69. The maximum atomic E-state index is 14.7. The molecule has 4 heterocycles. The lowest BCUT2D eigenvalue weighted by molar-refractivity contribution is -0.125. The molecule has 14 atom stereocenters. The van der Waals surface area contributed by atoms with Crippen molar-refractivity contribution in [2.24, 2.45) is 28.0 Å². The monoisotopic (exact) mass is 1740 g/mol. The number of likely N-dealkylation sites (tertiary alicyclic amines) is 2. The molecule has 2 spiro atoms. The minimum Gasteiger partial charge on any atom is -0.493 e. The van der Waals surface area contributed by atoms with Crippen molar-refractivity contribution in [3.05, 3.63) is 130 Å². The number of hydrogen-bond donors (Lipinski definition) is 12. The number of amides is 7. The van der Waals surface area contributed by atoms with Crippen molar-refractivity contribution in [1.82, 2.24) is 66.6 Å². The first-order valence-corrected chi connectivity index (χ1v) is 43.4. The van der Waals surface area contributed by atoms with E-state index >= 15 is 0 Å². The topological polar surface area (TPSA) is 433 Å². The summed E-state index contributed by atoms with van der Waals surface area (Å²) in [6.07, 6.45) is 7.30. The number of thiol groups is 1. The van der Waals surface area contributed by atoms with E-state index < -0.39 is 90.0 Å². The summed E-state index contributed by atoms with van der Waals surface area (Å²) in [5.74, 6) is 2.33. The Morgan fingerprint density at radius 1 is 0.597 bits per heavy atom. The van der Waals surface area contributed by atoms with Crippen LogP contribution >= 0.6 is 12.6 Å². The maximum Gasteiger partial charge on any atom is 0.414 e. The molecule has 4 aromatic carbocycles. The summed E-state index contributed by atoms with van der Waals surface area (Å²) < 4.78 is 64.1. The van der Waals surface area contributed by atoms with Gasteiger partial charge in [-0.3, -0.25) is 55.4 Å². The summed E-state index contributed by atoms with van der Waals surface area (Å²) in [5.41, 5.74) is 21.3. The Labute approximate surface area is 734 Å². The molecule has 14 N–H and O–H groups in total. The number of benzene rings is 4. The number of nitrogen functional groups attached to an aromatic ring is 1. The molecule has 0 aromatic heterocycles. The molecule has 4 aliphatic heterocycles. The minimum atomic E-state index is -1.17. The lowest BCUT2D eigenvalue weighted by atomic mass is 9.45. The van der Waals surface area contributed by atoms with Crippen molar-refractivity contribution >= 4 is 72.9 Å². The number of carbonyl (C=O) groups excluding carboxylic acids is 9. The second kappa shape index (κ2) is 41.8. The summed E-state index contributed by atoms with van der Waals surface area (Å²) in [5, 5.41) is 28.6. The van der Waals surface area contributed by atoms with Crippen molar-refractivity contribution < 1.29 is 83.8 Å². The molecule has 12 rings (SSSR count). The molecule has 4 aliphatic carbocycles. The van der Waals surface area contributed by atoms with Crippen LogP contribution in [0.1, 0.15) is 146 Å². The number of Topliss-reactive ketones (excluding diaryl/α,β-unsaturated/α-hetero) is 1. The van der Waals surface area contributed by atoms with Gasteiger partial charge in [-0.25, -0.2) is 14.4 Å². The van der Waals surface area contributed by atoms with Gasteiger partial charge in [-0.1, -0.05) is 38.8 Å². The summed E-state index contributed by atoms with van der Waals surface area (Å²) in [4.78, 5) is 127. The van der Waals surface area contributed by atoms with Gasteiger partial charge < -0.3 is 100 Å². The third kappa shape index (κ3) is 20.4. The number of hydrogen-bond acceptors (Lipinski definition) is 27. The average molecular weight is 1740 g/mol. The number of likely N-dealkylation sites (N-methyl/N-ethyl adjacent to an activating group) is 5. The Hall–Kier alpha value is -10.1. The van der Waals surface area contributed by atoms with Crippen LogP contribution < -0.4 is 82.8 Å². The molecule has 124 heavy (non-hydrogen) atoms. The first kappa shape index (κ1) is 91.6. The van der Waals surface area contributed by atoms with E-state index in [1.807, 2.05) is 24.3 Å². The number of carbonyl (C=O) groups is 9. The lowest BCUT2D eigenvalue weighted by Gasteiger charge is -2.63. The van der Waals surface area contributed by atoms with Gasteiger partial charge in [-0.05, 0) is 209 Å². The fourth-order valence-corrected chi connectivity index (χ4v) is 19.7. The maximum absolute atomic E-state index is 14.7. The fourth-order valence-electron chi connectivity index (χ4n) is 19.3. The molecule has 0 radical (unpaired) electrons. The summed E-state index contributed by atoms with van der Waals surface area (Å²) in [6, 6.07) is 18.4. The van der Waals surface area contributed by atoms with Gasteiger partial charge in [0.25, 0.3) is 0 Å². The van der Waals surface area contributed by atoms with E-state index in [4.69, 9.17) is 63.2 Å². The zero-order valence-corrected chi connectivity index (χ0v) is 74.2. The smallest absolute Gasteiger partial charge is 0.414 e. The molecule has 4 aromatic rings. The molecular weight excluding hydrogens is 1610 g/mol. The normalized spacial score (nSPS) is 23.6. The van der Waals surface area contributed by atoms with Crippen LogP contribution in [0, 0.1) is 16.2 Å². The number of esters is 1. The highest BCUT2D eigenvalue weighted by Gasteiger charge is 2.72. The number of rotatable bonds is 42. The van der Waals surface area contributed by atoms with Gasteiger partial charge in [0.1, 0.15) is 42.9 Å². The molecule has 35 heteroatoms. The molecule has 8 aliphatic rings. The second-order valence-corrected chi connectivity index (χ2v) is 34.7. The molecule has 4 bridgehead atoms. The number of ether oxygens (including phenoxy) is 8. The SMILES string of the molecule is COc1ccc2c3c1O[C@H]1C(OC(=O)N(C)CCCC(=O)[C@H](CCCCN)NC(N[C@H](CCCCN)C(=O)NCCN(C)C(=O)OC4=CC[C@@]5(C)[C@H]6Cc7ccc(OC)c8c7[C@@]5(CCN6C)[C@H]4O8)Oc4ccc(C(=O)Oc5ccc(C(=N)N)cc5)cc4)=CC[C@@]4(C)[C@@H](C2)N(C)CC[C@]314.[2H]C(=O)N(C)CCNC(=O)[C@H](C)NC(S)N[C@H](C)C(=O)NCCN(C)C([2H])=O. The number of nitrogens with zero attached hydrogens (tertiary/aromatic N) is 6. The van der Waals surface area contributed by atoms with Crippen molar-refractivity contribution in [3.8, 4) is 34.5 Å². The number of nitrogens with two attached hydrogens (primary N) is 3. The molecule has 676 valence electrons. The van der Waals surface area contributed by atoms with Crippen LogP contribution in [-0.2, 0) is 61.9 Å². The molecule has 2 saturated heterocycles. The highest BCUT2D eigenvalue weighted by molar-refractivity contribution is 7.80. The number of ketones is 1. The van der Waals surface area contributed by atoms with E-state index in [9.17, 15) is 43.2 Å². The van der Waals surface area contributed by atoms with Gasteiger partial charge in [0.05, 0.1) is 54.8 Å². The fraction of sp³-hybridized carbons (Fsp3) is 0.573. The predicted octanol–water partition coefficient (Wildman–Crippen LogP) is 4.72. The third-order valence-corrected chi connectivity index (χ3v) is 26.6. The van der Waals surface area contributed by atoms with E-state index in [0.29, 0.717) is 99.5 Å². The Kier molecular flexibility index (Phi) is 30.9. The second-order valence-electron chi connectivity index (χ2n) is 34.1. The first-order valence-electron chi connectivity index (χ1n) is 43.8. The van der Waals surface area contributed by atoms with Gasteiger partial charge >= 0.3 is 18.2 Å². The van der Waals surface area contributed by atoms with Crippen LogP contribution in [0.3, 0.4) is 0 Å². The van der Waals surface area contributed by atoms with Crippen molar-refractivity contribution in [1.29, 1.82) is 5.41 Å². The molecule has 2 unspecified atom stereocenters. The Morgan fingerprint density at radius 2 is 1.04 bits per heavy atom. The van der Waals surface area contributed by atoms with Crippen LogP contribution in [0.15, 0.2) is 96.5 Å². The van der Waals surface area contributed by atoms with Crippen molar-refractivity contribution in [2.75, 3.05) is 128 Å². The van der Waals surface area contributed by atoms with Gasteiger partial charge in [-0.15, -0.1) is 12.6 Å². The predicted molar refractivity (Wildman–Crippen MR) is 469 cm³/mol. The zero-order chi connectivity index (χ0) is 91.3. The number of nitrogens with one attached hydrogen (secondary N) is 8. The van der Waals surface area contributed by atoms with Gasteiger partial charge in [0.2, 0.25) is 36.8 Å². The molecule has 0 saturated carbocycles. The Bertz CT molecular complexity index is 4460. The largest absolute Gasteiger partial charge is 0.493 e. The quantitative estimate of drug-likeness (QED) is 0.00417. The van der Waals surface area contributed by atoms with Crippen molar-refractivity contribution in [2.45, 2.75) is 189 Å². The average Bonchev–Trinajstić information content (AvgIpc) is 1.47. The molecule has 34 nitrogen and oxygen atoms in total. The van der Waals surface area contributed by atoms with E-state index in [1.54, 1.807) is 90.7 Å². The minimum absolute atomic E-state index is 0.0643. The number of allylic oxidation sites excluding steroid dienone is 2. The van der Waals surface area contributed by atoms with E-state index in [2.05, 4.69) is 99.7 Å². The molecule has 7 amide bonds. The first-order chi connectivity index (χ1) is 60.1. The van der Waals surface area contributed by atoms with E-state index in [0.717, 1.165) is 50.3 Å². The Balaban J connectivity index is 0.000000472. The summed E-state index contributed by atoms with van der Waals surface area (Å²) in [7, 11) is 13.9. The van der Waals surface area contributed by atoms with Crippen LogP contribution in [0.2, 0.25) is 0 Å². The van der Waals surface area contributed by atoms with Gasteiger partial charge in [-0.2, -0.15) is 0 Å². The van der Waals surface area contributed by atoms with Gasteiger partial charge in [0, 0.05) is 120 Å². The zero-order valence-electron chi connectivity index (χ0n) is 75.3. The summed E-state index contributed by atoms with van der Waals surface area (Å²) in [6.45, 7) is 11.7. The Morgan fingerprint density at radius 3 is 1.51 bits per heavy atom. The van der Waals surface area contributed by atoms with Crippen LogP contribution in [0.4, 0.5) is 9.59 Å². The number of methoxy groups -OCH3 is 2. The van der Waals surface area contributed by atoms with Crippen LogP contribution in [0.5, 0.6) is 34.5 Å². The standard InChI is InChI=1S/C74H97N11O13.C15H30N6O4S/c1-71-31-29-55(63-73(71)33-39-82(3)57(71)42-46-21-27-53(91-7)61(97-63)59(46)73)95-69(89)84(5)38-13-16-52(86)50(14-9-11-35-75)80-68(94-49-25-19-45(20-26-49)67(88)93-48-23-17-44(18-24-48)65(77)78)81-51(15-10-12-36-76)66(87)79-37-41-85(6)70(90)96-56-30-32-72(2)58-43-47-22-28-54(92-8)62-60(47)74(72,64(56)98-62)34-40-83(58)4;1-11(13(24)16-5-7-20(3)9-22)18-15(26)19-12(2)14(25)17-6-8-21(4)10-23/h17-30,50-51,57-58,63-64,68,80-81H,9-16,31-43,75-76H2,1-8H3,(H3,77,78)(H,79,87);9-12,15,18-19,26H,5-8H2,1-4H3,(H,16,24)(H,17,25)/t50-,51+,57+,58+,63-,64-,68?,71-,72-,73-,74-;11-,12+,15?/m0./s1/i;9D,10D. The van der Waals surface area contributed by atoms with Gasteiger partial charge in [0.15, 0.2) is 35.2 Å². The van der Waals surface area contributed by atoms with Crippen molar-refractivity contribution in [3.63, 3.8) is 0 Å². The summed E-state index contributed by atoms with van der Waals surface area (Å²) >= 11 is 4.26.